The van der Waals surface area contributed by atoms with Gasteiger partial charge in [0.1, 0.15) is 5.56 Å². The lowest BCUT2D eigenvalue weighted by molar-refractivity contribution is -0.140. The number of nitrogens with zero attached hydrogens (tertiary/aromatic N) is 4. The smallest absolute Gasteiger partial charge is 0.318 e. The minimum Gasteiger partial charge on any atom is -0.318 e. The van der Waals surface area contributed by atoms with E-state index in [0.717, 1.165) is 0 Å². The van der Waals surface area contributed by atoms with Crippen molar-refractivity contribution in [2.75, 3.05) is 5.32 Å². The number of aromatic amines is 1. The molecule has 1 amide bonds. The summed E-state index contributed by atoms with van der Waals surface area (Å²) in [6, 6.07) is 1.61. The maximum absolute atomic E-state index is 12.8. The zero-order chi connectivity index (χ0) is 15.9. The van der Waals surface area contributed by atoms with Gasteiger partial charge in [-0.05, 0) is 13.0 Å². The molecule has 0 saturated heterocycles. The molecule has 2 N–H and O–H groups in total. The molecule has 3 rings (SSSR count). The zero-order valence-electron chi connectivity index (χ0n) is 11.1. The molecule has 0 spiro atoms. The molecule has 7 nitrogen and oxygen atoms in total. The zero-order valence-corrected chi connectivity index (χ0v) is 11.1. The first kappa shape index (κ1) is 14.0. The van der Waals surface area contributed by atoms with Crippen LogP contribution in [0.1, 0.15) is 21.7 Å². The summed E-state index contributed by atoms with van der Waals surface area (Å²) in [5.74, 6) is -0.747. The number of fused-ring (bicyclic) bond motifs is 1. The second-order valence-corrected chi connectivity index (χ2v) is 4.47. The van der Waals surface area contributed by atoms with E-state index in [-0.39, 0.29) is 16.9 Å². The molecule has 0 aromatic carbocycles. The number of carbonyl (C=O) groups excluding carboxylic acids is 1. The SMILES string of the molecule is Cc1[nH]nc(C(F)(F)F)c1NC(=O)c1cnn2cccnc12. The van der Waals surface area contributed by atoms with Crippen molar-refractivity contribution in [3.63, 3.8) is 0 Å². The highest BCUT2D eigenvalue weighted by Gasteiger charge is 2.38. The maximum atomic E-state index is 12.8. The van der Waals surface area contributed by atoms with Crippen LogP contribution in [0.2, 0.25) is 0 Å². The quantitative estimate of drug-likeness (QED) is 0.758. The lowest BCUT2D eigenvalue weighted by Gasteiger charge is -2.08. The lowest BCUT2D eigenvalue weighted by Crippen LogP contribution is -2.16. The normalized spacial score (nSPS) is 11.8. The van der Waals surface area contributed by atoms with E-state index in [1.165, 1.54) is 23.8 Å². The molecule has 0 unspecified atom stereocenters. The number of hydrogen-bond acceptors (Lipinski definition) is 4. The summed E-state index contributed by atoms with van der Waals surface area (Å²) >= 11 is 0. The van der Waals surface area contributed by atoms with Crippen molar-refractivity contribution in [2.45, 2.75) is 13.1 Å². The van der Waals surface area contributed by atoms with Crippen molar-refractivity contribution in [1.29, 1.82) is 0 Å². The average Bonchev–Trinajstić information content (AvgIpc) is 3.03. The first-order valence-electron chi connectivity index (χ1n) is 6.10. The number of amides is 1. The molecule has 0 aliphatic carbocycles. The molecule has 0 saturated carbocycles. The maximum Gasteiger partial charge on any atom is 0.437 e. The highest BCUT2D eigenvalue weighted by molar-refractivity contribution is 6.08. The van der Waals surface area contributed by atoms with Gasteiger partial charge in [0.15, 0.2) is 11.3 Å². The number of hydrogen-bond donors (Lipinski definition) is 2. The van der Waals surface area contributed by atoms with E-state index in [4.69, 9.17) is 0 Å². The molecule has 3 aromatic rings. The molecule has 0 radical (unpaired) electrons. The summed E-state index contributed by atoms with van der Waals surface area (Å²) in [7, 11) is 0. The van der Waals surface area contributed by atoms with Gasteiger partial charge < -0.3 is 5.32 Å². The van der Waals surface area contributed by atoms with E-state index in [1.807, 2.05) is 0 Å². The number of anilines is 1. The number of aryl methyl sites for hydroxylation is 1. The van der Waals surface area contributed by atoms with Crippen LogP contribution in [0.15, 0.2) is 24.7 Å². The van der Waals surface area contributed by atoms with Gasteiger partial charge in [-0.25, -0.2) is 9.50 Å². The predicted octanol–water partition coefficient (Wildman–Crippen LogP) is 2.03. The van der Waals surface area contributed by atoms with Crippen LogP contribution in [-0.2, 0) is 6.18 Å². The van der Waals surface area contributed by atoms with Crippen LogP contribution in [0.4, 0.5) is 18.9 Å². The largest absolute Gasteiger partial charge is 0.437 e. The van der Waals surface area contributed by atoms with Crippen molar-refractivity contribution in [1.82, 2.24) is 24.8 Å². The first-order chi connectivity index (χ1) is 10.4. The number of alkyl halides is 3. The van der Waals surface area contributed by atoms with E-state index in [9.17, 15) is 18.0 Å². The number of rotatable bonds is 2. The fourth-order valence-corrected chi connectivity index (χ4v) is 1.96. The highest BCUT2D eigenvalue weighted by Crippen LogP contribution is 2.34. The predicted molar refractivity (Wildman–Crippen MR) is 69.3 cm³/mol. The molecule has 0 aliphatic heterocycles. The van der Waals surface area contributed by atoms with Gasteiger partial charge in [0.2, 0.25) is 0 Å². The van der Waals surface area contributed by atoms with Gasteiger partial charge in [-0.2, -0.15) is 23.4 Å². The molecule has 0 fully saturated rings. The van der Waals surface area contributed by atoms with Gasteiger partial charge in [-0.3, -0.25) is 9.89 Å². The third-order valence-electron chi connectivity index (χ3n) is 2.98. The Balaban J connectivity index is 1.97. The van der Waals surface area contributed by atoms with E-state index >= 15 is 0 Å². The fraction of sp³-hybridized carbons (Fsp3) is 0.167. The van der Waals surface area contributed by atoms with Crippen LogP contribution in [0.25, 0.3) is 5.65 Å². The highest BCUT2D eigenvalue weighted by atomic mass is 19.4. The fourth-order valence-electron chi connectivity index (χ4n) is 1.96. The third-order valence-corrected chi connectivity index (χ3v) is 2.98. The van der Waals surface area contributed by atoms with Crippen molar-refractivity contribution in [3.8, 4) is 0 Å². The molecule has 10 heteroatoms. The molecular formula is C12H9F3N6O. The molecular weight excluding hydrogens is 301 g/mol. The molecule has 3 heterocycles. The van der Waals surface area contributed by atoms with Crippen LogP contribution in [0.5, 0.6) is 0 Å². The third kappa shape index (κ3) is 2.28. The van der Waals surface area contributed by atoms with Gasteiger partial charge in [0, 0.05) is 12.4 Å². The minimum absolute atomic E-state index is 0.0642. The standard InChI is InChI=1S/C12H9F3N6O/c1-6-8(9(20-19-6)12(13,14)15)18-11(22)7-5-17-21-4-2-3-16-10(7)21/h2-5H,1H3,(H,18,22)(H,19,20). The number of halogens is 3. The van der Waals surface area contributed by atoms with Gasteiger partial charge in [-0.1, -0.05) is 0 Å². The van der Waals surface area contributed by atoms with E-state index in [1.54, 1.807) is 12.3 Å². The Labute approximate surface area is 121 Å². The topological polar surface area (TPSA) is 88.0 Å². The second kappa shape index (κ2) is 4.83. The molecule has 22 heavy (non-hydrogen) atoms. The van der Waals surface area contributed by atoms with Crippen molar-refractivity contribution >= 4 is 17.2 Å². The lowest BCUT2D eigenvalue weighted by atomic mass is 10.2. The molecule has 0 bridgehead atoms. The Morgan fingerprint density at radius 3 is 2.91 bits per heavy atom. The Morgan fingerprint density at radius 2 is 2.18 bits per heavy atom. The van der Waals surface area contributed by atoms with Crippen molar-refractivity contribution in [2.24, 2.45) is 0 Å². The summed E-state index contributed by atoms with van der Waals surface area (Å²) in [6.07, 6.45) is -0.408. The minimum atomic E-state index is -4.67. The van der Waals surface area contributed by atoms with Crippen LogP contribution in [0.3, 0.4) is 0 Å². The molecule has 3 aromatic heterocycles. The van der Waals surface area contributed by atoms with Crippen molar-refractivity contribution < 1.29 is 18.0 Å². The summed E-state index contributed by atoms with van der Waals surface area (Å²) in [5.41, 5.74) is -1.18. The van der Waals surface area contributed by atoms with E-state index < -0.39 is 23.5 Å². The summed E-state index contributed by atoms with van der Waals surface area (Å²) in [6.45, 7) is 1.38. The van der Waals surface area contributed by atoms with E-state index in [2.05, 4.69) is 25.6 Å². The second-order valence-electron chi connectivity index (χ2n) is 4.47. The van der Waals surface area contributed by atoms with Gasteiger partial charge in [0.05, 0.1) is 17.6 Å². The summed E-state index contributed by atoms with van der Waals surface area (Å²) in [4.78, 5) is 16.2. The number of carbonyl (C=O) groups is 1. The number of nitrogens with one attached hydrogen (secondary N) is 2. The van der Waals surface area contributed by atoms with Crippen LogP contribution in [-0.4, -0.2) is 30.7 Å². The van der Waals surface area contributed by atoms with Gasteiger partial charge >= 0.3 is 6.18 Å². The Morgan fingerprint density at radius 1 is 1.41 bits per heavy atom. The van der Waals surface area contributed by atoms with Crippen molar-refractivity contribution in [3.05, 3.63) is 41.6 Å². The summed E-state index contributed by atoms with van der Waals surface area (Å²) < 4.78 is 39.9. The van der Waals surface area contributed by atoms with Crippen LogP contribution < -0.4 is 5.32 Å². The number of aromatic nitrogens is 5. The monoisotopic (exact) mass is 310 g/mol. The Kier molecular flexibility index (Phi) is 3.08. The van der Waals surface area contributed by atoms with Gasteiger partial charge in [0.25, 0.3) is 5.91 Å². The van der Waals surface area contributed by atoms with Crippen LogP contribution >= 0.6 is 0 Å². The molecule has 0 aliphatic rings. The average molecular weight is 310 g/mol. The van der Waals surface area contributed by atoms with Gasteiger partial charge in [-0.15, -0.1) is 0 Å². The van der Waals surface area contributed by atoms with E-state index in [0.29, 0.717) is 0 Å². The number of H-pyrrole nitrogens is 1. The molecule has 114 valence electrons. The van der Waals surface area contributed by atoms with Crippen LogP contribution in [0, 0.1) is 6.92 Å². The summed E-state index contributed by atoms with van der Waals surface area (Å²) in [5, 5.41) is 11.5. The Hall–Kier alpha value is -2.91. The Bertz CT molecular complexity index is 850. The molecule has 0 atom stereocenters. The first-order valence-corrected chi connectivity index (χ1v) is 6.10.